The Morgan fingerprint density at radius 3 is 2.89 bits per heavy atom. The third-order valence-corrected chi connectivity index (χ3v) is 3.22. The molecule has 1 aromatic carbocycles. The second-order valence-electron chi connectivity index (χ2n) is 4.58. The number of hydrogen-bond donors (Lipinski definition) is 2. The fourth-order valence-corrected chi connectivity index (χ4v) is 2.28. The lowest BCUT2D eigenvalue weighted by atomic mass is 10.1. The summed E-state index contributed by atoms with van der Waals surface area (Å²) in [4.78, 5) is 12.0. The highest BCUT2D eigenvalue weighted by Gasteiger charge is 2.28. The number of para-hydroxylation sites is 2. The molecule has 0 heterocycles. The van der Waals surface area contributed by atoms with E-state index < -0.39 is 0 Å². The Morgan fingerprint density at radius 2 is 2.22 bits per heavy atom. The molecule has 18 heavy (non-hydrogen) atoms. The standard InChI is InChI=1S/C14H19NO3/c1-2-18-13-6-4-3-5-12(13)15-14(17)10-7-8-11(16)9-10/h3-6,10-11,16H,2,7-9H2,1H3,(H,15,17). The summed E-state index contributed by atoms with van der Waals surface area (Å²) in [5.41, 5.74) is 0.700. The summed E-state index contributed by atoms with van der Waals surface area (Å²) in [6, 6.07) is 7.40. The van der Waals surface area contributed by atoms with Gasteiger partial charge in [0, 0.05) is 5.92 Å². The molecule has 1 aromatic rings. The van der Waals surface area contributed by atoms with Crippen molar-refractivity contribution in [2.24, 2.45) is 5.92 Å². The number of nitrogens with one attached hydrogen (secondary N) is 1. The third-order valence-electron chi connectivity index (χ3n) is 3.22. The van der Waals surface area contributed by atoms with E-state index in [1.807, 2.05) is 31.2 Å². The molecule has 0 radical (unpaired) electrons. The van der Waals surface area contributed by atoms with Crippen LogP contribution in [0.15, 0.2) is 24.3 Å². The first kappa shape index (κ1) is 12.9. The van der Waals surface area contributed by atoms with Crippen molar-refractivity contribution in [1.82, 2.24) is 0 Å². The smallest absolute Gasteiger partial charge is 0.227 e. The molecule has 0 aromatic heterocycles. The molecular weight excluding hydrogens is 230 g/mol. The van der Waals surface area contributed by atoms with Crippen molar-refractivity contribution < 1.29 is 14.6 Å². The average Bonchev–Trinajstić information content (AvgIpc) is 2.79. The van der Waals surface area contributed by atoms with Crippen molar-refractivity contribution in [2.75, 3.05) is 11.9 Å². The van der Waals surface area contributed by atoms with Crippen molar-refractivity contribution >= 4 is 11.6 Å². The number of carbonyl (C=O) groups is 1. The predicted octanol–water partition coefficient (Wildman–Crippen LogP) is 2.18. The van der Waals surface area contributed by atoms with Crippen LogP contribution in [0.5, 0.6) is 5.75 Å². The van der Waals surface area contributed by atoms with Gasteiger partial charge in [-0.2, -0.15) is 0 Å². The van der Waals surface area contributed by atoms with Crippen LogP contribution in [0.4, 0.5) is 5.69 Å². The van der Waals surface area contributed by atoms with Crippen molar-refractivity contribution in [1.29, 1.82) is 0 Å². The number of ether oxygens (including phenoxy) is 1. The van der Waals surface area contributed by atoms with Crippen LogP contribution < -0.4 is 10.1 Å². The van der Waals surface area contributed by atoms with Crippen molar-refractivity contribution in [3.05, 3.63) is 24.3 Å². The minimum absolute atomic E-state index is 0.0290. The van der Waals surface area contributed by atoms with Crippen LogP contribution in [0, 0.1) is 5.92 Å². The molecule has 1 amide bonds. The predicted molar refractivity (Wildman–Crippen MR) is 69.6 cm³/mol. The van der Waals surface area contributed by atoms with Gasteiger partial charge in [0.1, 0.15) is 5.75 Å². The van der Waals surface area contributed by atoms with Crippen LogP contribution in [0.25, 0.3) is 0 Å². The van der Waals surface area contributed by atoms with E-state index in [9.17, 15) is 9.90 Å². The second-order valence-corrected chi connectivity index (χ2v) is 4.58. The monoisotopic (exact) mass is 249 g/mol. The van der Waals surface area contributed by atoms with Gasteiger partial charge in [-0.3, -0.25) is 4.79 Å². The largest absolute Gasteiger partial charge is 0.492 e. The molecule has 0 spiro atoms. The van der Waals surface area contributed by atoms with Crippen molar-refractivity contribution in [3.63, 3.8) is 0 Å². The molecule has 1 aliphatic rings. The summed E-state index contributed by atoms with van der Waals surface area (Å²) in [5.74, 6) is 0.570. The van der Waals surface area contributed by atoms with E-state index in [4.69, 9.17) is 4.74 Å². The lowest BCUT2D eigenvalue weighted by Gasteiger charge is -2.14. The first-order chi connectivity index (χ1) is 8.70. The van der Waals surface area contributed by atoms with Gasteiger partial charge in [0.15, 0.2) is 0 Å². The summed E-state index contributed by atoms with van der Waals surface area (Å²) in [6.45, 7) is 2.47. The number of rotatable bonds is 4. The van der Waals surface area contributed by atoms with Gasteiger partial charge >= 0.3 is 0 Å². The molecule has 0 saturated heterocycles. The Hall–Kier alpha value is -1.55. The Morgan fingerprint density at radius 1 is 1.44 bits per heavy atom. The van der Waals surface area contributed by atoms with Crippen LogP contribution in [0.1, 0.15) is 26.2 Å². The quantitative estimate of drug-likeness (QED) is 0.860. The van der Waals surface area contributed by atoms with Crippen molar-refractivity contribution in [2.45, 2.75) is 32.3 Å². The number of benzene rings is 1. The lowest BCUT2D eigenvalue weighted by molar-refractivity contribution is -0.119. The summed E-state index contributed by atoms with van der Waals surface area (Å²) in [7, 11) is 0. The van der Waals surface area contributed by atoms with Crippen LogP contribution in [0.2, 0.25) is 0 Å². The van der Waals surface area contributed by atoms with E-state index >= 15 is 0 Å². The first-order valence-electron chi connectivity index (χ1n) is 6.41. The first-order valence-corrected chi connectivity index (χ1v) is 6.41. The second kappa shape index (κ2) is 5.87. The zero-order valence-electron chi connectivity index (χ0n) is 10.6. The van der Waals surface area contributed by atoms with Crippen LogP contribution >= 0.6 is 0 Å². The highest BCUT2D eigenvalue weighted by molar-refractivity contribution is 5.94. The SMILES string of the molecule is CCOc1ccccc1NC(=O)C1CCC(O)C1. The Bertz CT molecular complexity index is 419. The van der Waals surface area contributed by atoms with Crippen LogP contribution in [-0.4, -0.2) is 23.7 Å². The van der Waals surface area contributed by atoms with Gasteiger partial charge in [-0.25, -0.2) is 0 Å². The molecule has 1 aliphatic carbocycles. The van der Waals surface area contributed by atoms with E-state index in [2.05, 4.69) is 5.32 Å². The zero-order chi connectivity index (χ0) is 13.0. The minimum atomic E-state index is -0.331. The van der Waals surface area contributed by atoms with E-state index in [1.54, 1.807) is 0 Å². The molecule has 0 bridgehead atoms. The number of carbonyl (C=O) groups excluding carboxylic acids is 1. The number of aliphatic hydroxyl groups is 1. The Balaban J connectivity index is 2.02. The minimum Gasteiger partial charge on any atom is -0.492 e. The molecule has 2 N–H and O–H groups in total. The van der Waals surface area contributed by atoms with E-state index in [-0.39, 0.29) is 17.9 Å². The molecule has 4 heteroatoms. The summed E-state index contributed by atoms with van der Waals surface area (Å²) < 4.78 is 5.46. The molecule has 98 valence electrons. The highest BCUT2D eigenvalue weighted by atomic mass is 16.5. The maximum absolute atomic E-state index is 12.0. The van der Waals surface area contributed by atoms with Gasteiger partial charge in [0.05, 0.1) is 18.4 Å². The molecule has 2 atom stereocenters. The number of amides is 1. The topological polar surface area (TPSA) is 58.6 Å². The highest BCUT2D eigenvalue weighted by Crippen LogP contribution is 2.29. The number of aliphatic hydroxyl groups excluding tert-OH is 1. The Kier molecular flexibility index (Phi) is 4.20. The Labute approximate surface area is 107 Å². The summed E-state index contributed by atoms with van der Waals surface area (Å²) in [5, 5.41) is 12.3. The number of hydrogen-bond acceptors (Lipinski definition) is 3. The summed E-state index contributed by atoms with van der Waals surface area (Å²) >= 11 is 0. The zero-order valence-corrected chi connectivity index (χ0v) is 10.6. The van der Waals surface area contributed by atoms with Gasteiger partial charge < -0.3 is 15.2 Å². The number of anilines is 1. The third kappa shape index (κ3) is 3.01. The van der Waals surface area contributed by atoms with Gasteiger partial charge in [-0.05, 0) is 38.3 Å². The molecule has 2 unspecified atom stereocenters. The van der Waals surface area contributed by atoms with E-state index in [0.29, 0.717) is 30.9 Å². The molecule has 4 nitrogen and oxygen atoms in total. The fourth-order valence-electron chi connectivity index (χ4n) is 2.28. The molecular formula is C14H19NO3. The van der Waals surface area contributed by atoms with Crippen LogP contribution in [0.3, 0.4) is 0 Å². The van der Waals surface area contributed by atoms with Gasteiger partial charge in [0.25, 0.3) is 0 Å². The van der Waals surface area contributed by atoms with E-state index in [1.165, 1.54) is 0 Å². The van der Waals surface area contributed by atoms with E-state index in [0.717, 1.165) is 6.42 Å². The maximum Gasteiger partial charge on any atom is 0.227 e. The summed E-state index contributed by atoms with van der Waals surface area (Å²) in [6.07, 6.45) is 1.69. The van der Waals surface area contributed by atoms with Crippen molar-refractivity contribution in [3.8, 4) is 5.75 Å². The van der Waals surface area contributed by atoms with Gasteiger partial charge in [0.2, 0.25) is 5.91 Å². The van der Waals surface area contributed by atoms with Gasteiger partial charge in [-0.1, -0.05) is 12.1 Å². The molecule has 0 aliphatic heterocycles. The lowest BCUT2D eigenvalue weighted by Crippen LogP contribution is -2.21. The van der Waals surface area contributed by atoms with Crippen LogP contribution in [-0.2, 0) is 4.79 Å². The fraction of sp³-hybridized carbons (Fsp3) is 0.500. The average molecular weight is 249 g/mol. The normalized spacial score (nSPS) is 22.8. The molecule has 1 saturated carbocycles. The maximum atomic E-state index is 12.0. The molecule has 1 fully saturated rings. The van der Waals surface area contributed by atoms with Gasteiger partial charge in [-0.15, -0.1) is 0 Å². The molecule has 2 rings (SSSR count).